The Morgan fingerprint density at radius 2 is 1.94 bits per heavy atom. The molecule has 0 fully saturated rings. The van der Waals surface area contributed by atoms with E-state index >= 15 is 0 Å². The second kappa shape index (κ2) is 7.44. The van der Waals surface area contributed by atoms with Crippen molar-refractivity contribution in [1.29, 1.82) is 0 Å². The zero-order chi connectivity index (χ0) is 12.6. The van der Waals surface area contributed by atoms with Gasteiger partial charge in [0.2, 0.25) is 0 Å². The maximum Gasteiger partial charge on any atom is 0.330 e. The minimum atomic E-state index is -0.374. The first-order valence-corrected chi connectivity index (χ1v) is 5.90. The van der Waals surface area contributed by atoms with Crippen LogP contribution in [0.5, 0.6) is 0 Å². The summed E-state index contributed by atoms with van der Waals surface area (Å²) >= 11 is 0. The van der Waals surface area contributed by atoms with Crippen LogP contribution in [-0.4, -0.2) is 24.8 Å². The van der Waals surface area contributed by atoms with Crippen molar-refractivity contribution in [1.82, 2.24) is 0 Å². The highest BCUT2D eigenvalue weighted by atomic mass is 16.5. The number of hydrogen-bond acceptors (Lipinski definition) is 3. The van der Waals surface area contributed by atoms with Crippen molar-refractivity contribution < 1.29 is 14.3 Å². The topological polar surface area (TPSA) is 35.5 Å². The van der Waals surface area contributed by atoms with Gasteiger partial charge in [-0.3, -0.25) is 0 Å². The van der Waals surface area contributed by atoms with Crippen LogP contribution in [-0.2, 0) is 14.3 Å². The van der Waals surface area contributed by atoms with Gasteiger partial charge in [-0.25, -0.2) is 4.79 Å². The smallest absolute Gasteiger partial charge is 0.330 e. The van der Waals surface area contributed by atoms with Gasteiger partial charge in [0.15, 0.2) is 0 Å². The first-order valence-electron chi connectivity index (χ1n) is 5.90. The minimum absolute atomic E-state index is 0.0588. The number of hydrogen-bond donors (Lipinski definition) is 0. The van der Waals surface area contributed by atoms with E-state index in [0.29, 0.717) is 13.2 Å². The molecule has 0 aromatic rings. The van der Waals surface area contributed by atoms with E-state index in [1.165, 1.54) is 6.08 Å². The Bertz CT molecular complexity index is 219. The second-order valence-electron chi connectivity index (χ2n) is 4.41. The Morgan fingerprint density at radius 1 is 1.38 bits per heavy atom. The molecule has 0 radical (unpaired) electrons. The van der Waals surface area contributed by atoms with Gasteiger partial charge in [-0.15, -0.1) is 0 Å². The summed E-state index contributed by atoms with van der Waals surface area (Å²) in [6.07, 6.45) is 3.15. The molecule has 0 heterocycles. The quantitative estimate of drug-likeness (QED) is 0.473. The van der Waals surface area contributed by atoms with Crippen LogP contribution in [0.4, 0.5) is 0 Å². The Balaban J connectivity index is 3.84. The van der Waals surface area contributed by atoms with Gasteiger partial charge in [0.25, 0.3) is 0 Å². The molecule has 16 heavy (non-hydrogen) atoms. The Labute approximate surface area is 98.8 Å². The summed E-state index contributed by atoms with van der Waals surface area (Å²) in [7, 11) is 0. The van der Waals surface area contributed by atoms with E-state index in [2.05, 4.69) is 27.4 Å². The van der Waals surface area contributed by atoms with Crippen LogP contribution in [0.1, 0.15) is 40.5 Å². The standard InChI is InChI=1S/C13H24O3/c1-6-12(14)15-9-11(4)10-16-13(5,7-2)8-3/h6,11H,1,7-10H2,2-5H3. The van der Waals surface area contributed by atoms with E-state index in [-0.39, 0.29) is 17.5 Å². The van der Waals surface area contributed by atoms with Crippen LogP contribution in [0.2, 0.25) is 0 Å². The van der Waals surface area contributed by atoms with Crippen LogP contribution in [0.15, 0.2) is 12.7 Å². The number of esters is 1. The highest BCUT2D eigenvalue weighted by Crippen LogP contribution is 2.20. The minimum Gasteiger partial charge on any atom is -0.462 e. The molecule has 1 atom stereocenters. The van der Waals surface area contributed by atoms with Crippen molar-refractivity contribution in [3.63, 3.8) is 0 Å². The van der Waals surface area contributed by atoms with Gasteiger partial charge in [-0.05, 0) is 19.8 Å². The molecule has 94 valence electrons. The fourth-order valence-corrected chi connectivity index (χ4v) is 1.13. The third kappa shape index (κ3) is 5.91. The molecule has 0 aliphatic heterocycles. The van der Waals surface area contributed by atoms with Crippen molar-refractivity contribution in [3.8, 4) is 0 Å². The average molecular weight is 228 g/mol. The van der Waals surface area contributed by atoms with Crippen LogP contribution >= 0.6 is 0 Å². The fraction of sp³-hybridized carbons (Fsp3) is 0.769. The predicted octanol–water partition coefficient (Wildman–Crippen LogP) is 2.95. The third-order valence-electron chi connectivity index (χ3n) is 2.89. The molecular formula is C13H24O3. The van der Waals surface area contributed by atoms with Crippen molar-refractivity contribution in [3.05, 3.63) is 12.7 Å². The Morgan fingerprint density at radius 3 is 2.38 bits per heavy atom. The molecule has 0 spiro atoms. The number of carbonyl (C=O) groups excluding carboxylic acids is 1. The second-order valence-corrected chi connectivity index (χ2v) is 4.41. The van der Waals surface area contributed by atoms with Gasteiger partial charge < -0.3 is 9.47 Å². The van der Waals surface area contributed by atoms with Gasteiger partial charge in [0, 0.05) is 12.0 Å². The number of rotatable bonds is 8. The molecular weight excluding hydrogens is 204 g/mol. The lowest BCUT2D eigenvalue weighted by atomic mass is 10.00. The van der Waals surface area contributed by atoms with Gasteiger partial charge in [-0.1, -0.05) is 27.4 Å². The van der Waals surface area contributed by atoms with E-state index in [4.69, 9.17) is 9.47 Å². The summed E-state index contributed by atoms with van der Waals surface area (Å²) in [5, 5.41) is 0. The van der Waals surface area contributed by atoms with E-state index in [0.717, 1.165) is 12.8 Å². The lowest BCUT2D eigenvalue weighted by Crippen LogP contribution is -2.30. The first kappa shape index (κ1) is 15.2. The van der Waals surface area contributed by atoms with E-state index in [9.17, 15) is 4.79 Å². The first-order chi connectivity index (χ1) is 7.47. The summed E-state index contributed by atoms with van der Waals surface area (Å²) < 4.78 is 10.8. The molecule has 3 heteroatoms. The molecule has 0 aliphatic rings. The zero-order valence-corrected chi connectivity index (χ0v) is 10.9. The SMILES string of the molecule is C=CC(=O)OCC(C)COC(C)(CC)CC. The number of carbonyl (C=O) groups is 1. The van der Waals surface area contributed by atoms with Gasteiger partial charge in [0.05, 0.1) is 18.8 Å². The van der Waals surface area contributed by atoms with Crippen LogP contribution < -0.4 is 0 Å². The zero-order valence-electron chi connectivity index (χ0n) is 10.9. The summed E-state index contributed by atoms with van der Waals surface area (Å²) in [6, 6.07) is 0. The summed E-state index contributed by atoms with van der Waals surface area (Å²) in [4.78, 5) is 10.8. The van der Waals surface area contributed by atoms with Crippen molar-refractivity contribution in [2.24, 2.45) is 5.92 Å². The van der Waals surface area contributed by atoms with E-state index in [1.54, 1.807) is 0 Å². The van der Waals surface area contributed by atoms with Gasteiger partial charge >= 0.3 is 5.97 Å². The summed E-state index contributed by atoms with van der Waals surface area (Å²) in [6.45, 7) is 12.7. The molecule has 0 aromatic carbocycles. The van der Waals surface area contributed by atoms with Crippen molar-refractivity contribution in [2.45, 2.75) is 46.1 Å². The monoisotopic (exact) mass is 228 g/mol. The van der Waals surface area contributed by atoms with Gasteiger partial charge in [0.1, 0.15) is 0 Å². The molecule has 1 unspecified atom stereocenters. The molecule has 0 N–H and O–H groups in total. The normalized spacial score (nSPS) is 13.2. The summed E-state index contributed by atoms with van der Waals surface area (Å²) in [5.74, 6) is -0.165. The lowest BCUT2D eigenvalue weighted by molar-refractivity contribution is -0.140. The Kier molecular flexibility index (Phi) is 7.06. The van der Waals surface area contributed by atoms with E-state index < -0.39 is 0 Å². The van der Waals surface area contributed by atoms with E-state index in [1.807, 2.05) is 6.92 Å². The molecule has 0 aliphatic carbocycles. The maximum atomic E-state index is 10.8. The highest BCUT2D eigenvalue weighted by Gasteiger charge is 2.21. The molecule has 0 amide bonds. The third-order valence-corrected chi connectivity index (χ3v) is 2.89. The molecule has 0 rings (SSSR count). The molecule has 0 aromatic heterocycles. The van der Waals surface area contributed by atoms with Gasteiger partial charge in [-0.2, -0.15) is 0 Å². The maximum absolute atomic E-state index is 10.8. The highest BCUT2D eigenvalue weighted by molar-refractivity contribution is 5.81. The largest absolute Gasteiger partial charge is 0.462 e. The average Bonchev–Trinajstić information content (AvgIpc) is 2.32. The summed E-state index contributed by atoms with van der Waals surface area (Å²) in [5.41, 5.74) is -0.0588. The van der Waals surface area contributed by atoms with Crippen molar-refractivity contribution in [2.75, 3.05) is 13.2 Å². The van der Waals surface area contributed by atoms with Crippen LogP contribution in [0.3, 0.4) is 0 Å². The molecule has 0 bridgehead atoms. The lowest BCUT2D eigenvalue weighted by Gasteiger charge is -2.28. The number of ether oxygens (including phenoxy) is 2. The fourth-order valence-electron chi connectivity index (χ4n) is 1.13. The van der Waals surface area contributed by atoms with Crippen molar-refractivity contribution >= 4 is 5.97 Å². The molecule has 3 nitrogen and oxygen atoms in total. The molecule has 0 saturated heterocycles. The Hall–Kier alpha value is -0.830. The predicted molar refractivity (Wildman–Crippen MR) is 65.3 cm³/mol. The van der Waals surface area contributed by atoms with Crippen LogP contribution in [0, 0.1) is 5.92 Å². The molecule has 0 saturated carbocycles. The van der Waals surface area contributed by atoms with Crippen LogP contribution in [0.25, 0.3) is 0 Å².